The molecule has 7 heteroatoms. The van der Waals surface area contributed by atoms with Crippen LogP contribution in [0.15, 0.2) is 48.7 Å². The Kier molecular flexibility index (Phi) is 4.34. The van der Waals surface area contributed by atoms with Crippen LogP contribution in [0.1, 0.15) is 10.4 Å². The number of halogens is 2. The maximum absolute atomic E-state index is 12.7. The molecule has 0 atom stereocenters. The van der Waals surface area contributed by atoms with Crippen LogP contribution in [0, 0.1) is 5.92 Å². The van der Waals surface area contributed by atoms with E-state index in [2.05, 4.69) is 10.3 Å². The van der Waals surface area contributed by atoms with Gasteiger partial charge in [0.25, 0.3) is 5.91 Å². The first-order valence-corrected chi connectivity index (χ1v) is 8.90. The smallest absolute Gasteiger partial charge is 0.256 e. The first-order chi connectivity index (χ1) is 12.5. The van der Waals surface area contributed by atoms with E-state index in [0.717, 1.165) is 10.9 Å². The van der Waals surface area contributed by atoms with Crippen LogP contribution in [0.25, 0.3) is 10.9 Å². The van der Waals surface area contributed by atoms with Gasteiger partial charge in [-0.3, -0.25) is 9.59 Å². The monoisotopic (exact) mass is 387 g/mol. The highest BCUT2D eigenvalue weighted by molar-refractivity contribution is 6.35. The number of carbonyl (C=O) groups is 2. The minimum atomic E-state index is -0.265. The average Bonchev–Trinajstić information content (AvgIpc) is 3.01. The van der Waals surface area contributed by atoms with Crippen LogP contribution in [0.2, 0.25) is 10.0 Å². The topological polar surface area (TPSA) is 65.2 Å². The lowest BCUT2D eigenvalue weighted by Gasteiger charge is -2.38. The number of fused-ring (bicyclic) bond motifs is 1. The maximum atomic E-state index is 12.7. The van der Waals surface area contributed by atoms with Crippen LogP contribution in [-0.4, -0.2) is 34.8 Å². The van der Waals surface area contributed by atoms with Crippen molar-refractivity contribution in [3.05, 3.63) is 64.3 Å². The fraction of sp³-hybridized carbons (Fsp3) is 0.158. The molecule has 0 radical (unpaired) electrons. The normalized spacial score (nSPS) is 14.3. The van der Waals surface area contributed by atoms with E-state index >= 15 is 0 Å². The Morgan fingerprint density at radius 2 is 1.88 bits per heavy atom. The Bertz CT molecular complexity index is 1010. The van der Waals surface area contributed by atoms with Crippen LogP contribution in [0.3, 0.4) is 0 Å². The van der Waals surface area contributed by atoms with Gasteiger partial charge in [0.2, 0.25) is 5.91 Å². The van der Waals surface area contributed by atoms with Crippen molar-refractivity contribution >= 4 is 51.6 Å². The summed E-state index contributed by atoms with van der Waals surface area (Å²) in [6, 6.07) is 12.5. The Morgan fingerprint density at radius 3 is 2.69 bits per heavy atom. The standard InChI is InChI=1S/C19H15Cl2N3O2/c20-12-5-6-15(21)17(7-12)23-18(25)11-9-24(10-11)19(26)14-8-22-16-4-2-1-3-13(14)16/h1-8,11,22H,9-10H2,(H,23,25). The molecule has 0 spiro atoms. The number of carbonyl (C=O) groups excluding carboxylic acids is 2. The van der Waals surface area contributed by atoms with Gasteiger partial charge in [0, 0.05) is 35.2 Å². The number of H-pyrrole nitrogens is 1. The molecule has 1 fully saturated rings. The lowest BCUT2D eigenvalue weighted by Crippen LogP contribution is -2.54. The summed E-state index contributed by atoms with van der Waals surface area (Å²) in [7, 11) is 0. The van der Waals surface area contributed by atoms with E-state index in [9.17, 15) is 9.59 Å². The number of anilines is 1. The van der Waals surface area contributed by atoms with Gasteiger partial charge in [-0.05, 0) is 24.3 Å². The van der Waals surface area contributed by atoms with Crippen molar-refractivity contribution in [2.75, 3.05) is 18.4 Å². The molecule has 2 amide bonds. The van der Waals surface area contributed by atoms with Gasteiger partial charge >= 0.3 is 0 Å². The van der Waals surface area contributed by atoms with Crippen molar-refractivity contribution < 1.29 is 9.59 Å². The molecule has 0 unspecified atom stereocenters. The molecule has 5 nitrogen and oxygen atoms in total. The van der Waals surface area contributed by atoms with Crippen LogP contribution < -0.4 is 5.32 Å². The summed E-state index contributed by atoms with van der Waals surface area (Å²) >= 11 is 12.0. The molecule has 4 rings (SSSR count). The number of hydrogen-bond acceptors (Lipinski definition) is 2. The first kappa shape index (κ1) is 16.9. The van der Waals surface area contributed by atoms with Crippen LogP contribution in [0.5, 0.6) is 0 Å². The number of hydrogen-bond donors (Lipinski definition) is 2. The molecular weight excluding hydrogens is 373 g/mol. The van der Waals surface area contributed by atoms with Crippen molar-refractivity contribution in [1.29, 1.82) is 0 Å². The third-order valence-corrected chi connectivity index (χ3v) is 5.11. The minimum absolute atomic E-state index is 0.0766. The van der Waals surface area contributed by atoms with E-state index in [-0.39, 0.29) is 17.7 Å². The van der Waals surface area contributed by atoms with Gasteiger partial charge in [-0.2, -0.15) is 0 Å². The molecule has 2 N–H and O–H groups in total. The molecule has 2 heterocycles. The molecule has 2 aromatic carbocycles. The molecule has 26 heavy (non-hydrogen) atoms. The zero-order chi connectivity index (χ0) is 18.3. The second-order valence-electron chi connectivity index (χ2n) is 6.27. The highest BCUT2D eigenvalue weighted by Crippen LogP contribution is 2.28. The van der Waals surface area contributed by atoms with Crippen LogP contribution >= 0.6 is 23.2 Å². The number of para-hydroxylation sites is 1. The predicted octanol–water partition coefficient (Wildman–Crippen LogP) is 4.19. The number of amides is 2. The van der Waals surface area contributed by atoms with Crippen LogP contribution in [-0.2, 0) is 4.79 Å². The number of nitrogens with zero attached hydrogens (tertiary/aromatic N) is 1. The Morgan fingerprint density at radius 1 is 1.12 bits per heavy atom. The van der Waals surface area contributed by atoms with Gasteiger partial charge in [0.15, 0.2) is 0 Å². The summed E-state index contributed by atoms with van der Waals surface area (Å²) in [6.07, 6.45) is 1.71. The van der Waals surface area contributed by atoms with E-state index in [1.165, 1.54) is 0 Å². The summed E-state index contributed by atoms with van der Waals surface area (Å²) in [6.45, 7) is 0.755. The summed E-state index contributed by atoms with van der Waals surface area (Å²) in [5.74, 6) is -0.511. The van der Waals surface area contributed by atoms with Crippen molar-refractivity contribution in [3.8, 4) is 0 Å². The Hall–Kier alpha value is -2.50. The molecule has 1 aliphatic heterocycles. The minimum Gasteiger partial charge on any atom is -0.360 e. The van der Waals surface area contributed by atoms with Gasteiger partial charge in [-0.15, -0.1) is 0 Å². The maximum Gasteiger partial charge on any atom is 0.256 e. The molecule has 3 aromatic rings. The van der Waals surface area contributed by atoms with Crippen LogP contribution in [0.4, 0.5) is 5.69 Å². The number of aromatic nitrogens is 1. The van der Waals surface area contributed by atoms with Crippen molar-refractivity contribution in [2.24, 2.45) is 5.92 Å². The second kappa shape index (κ2) is 6.67. The Labute approximate surface area is 159 Å². The predicted molar refractivity (Wildman–Crippen MR) is 103 cm³/mol. The molecule has 1 aromatic heterocycles. The number of benzene rings is 2. The third-order valence-electron chi connectivity index (χ3n) is 4.55. The largest absolute Gasteiger partial charge is 0.360 e. The zero-order valence-electron chi connectivity index (χ0n) is 13.6. The summed E-state index contributed by atoms with van der Waals surface area (Å²) in [4.78, 5) is 29.8. The lowest BCUT2D eigenvalue weighted by molar-refractivity contribution is -0.123. The van der Waals surface area contributed by atoms with Gasteiger partial charge in [0.1, 0.15) is 0 Å². The van der Waals surface area contributed by atoms with Crippen molar-refractivity contribution in [2.45, 2.75) is 0 Å². The molecule has 132 valence electrons. The van der Waals surface area contributed by atoms with Gasteiger partial charge < -0.3 is 15.2 Å². The van der Waals surface area contributed by atoms with E-state index in [4.69, 9.17) is 23.2 Å². The molecule has 0 saturated carbocycles. The van der Waals surface area contributed by atoms with Gasteiger partial charge in [-0.1, -0.05) is 41.4 Å². The average molecular weight is 388 g/mol. The SMILES string of the molecule is O=C(Nc1cc(Cl)ccc1Cl)C1CN(C(=O)c2c[nH]c3ccccc23)C1. The van der Waals surface area contributed by atoms with E-state index < -0.39 is 0 Å². The molecule has 0 aliphatic carbocycles. The number of aromatic amines is 1. The van der Waals surface area contributed by atoms with E-state index in [1.54, 1.807) is 29.3 Å². The molecular formula is C19H15Cl2N3O2. The fourth-order valence-electron chi connectivity index (χ4n) is 3.06. The third kappa shape index (κ3) is 3.04. The number of nitrogens with one attached hydrogen (secondary N) is 2. The second-order valence-corrected chi connectivity index (χ2v) is 7.11. The van der Waals surface area contributed by atoms with Gasteiger partial charge in [-0.25, -0.2) is 0 Å². The summed E-state index contributed by atoms with van der Waals surface area (Å²) in [5, 5.41) is 4.58. The molecule has 1 saturated heterocycles. The summed E-state index contributed by atoms with van der Waals surface area (Å²) < 4.78 is 0. The van der Waals surface area contributed by atoms with Crippen molar-refractivity contribution in [3.63, 3.8) is 0 Å². The van der Waals surface area contributed by atoms with Crippen molar-refractivity contribution in [1.82, 2.24) is 9.88 Å². The Balaban J connectivity index is 1.41. The van der Waals surface area contributed by atoms with Gasteiger partial charge in [0.05, 0.1) is 22.2 Å². The quantitative estimate of drug-likeness (QED) is 0.707. The molecule has 1 aliphatic rings. The summed E-state index contributed by atoms with van der Waals surface area (Å²) in [5.41, 5.74) is 2.02. The molecule has 0 bridgehead atoms. The highest BCUT2D eigenvalue weighted by Gasteiger charge is 2.36. The highest BCUT2D eigenvalue weighted by atomic mass is 35.5. The lowest BCUT2D eigenvalue weighted by atomic mass is 9.97. The first-order valence-electron chi connectivity index (χ1n) is 8.14. The number of likely N-dealkylation sites (tertiary alicyclic amines) is 1. The number of rotatable bonds is 3. The van der Waals surface area contributed by atoms with E-state index in [1.807, 2.05) is 24.3 Å². The zero-order valence-corrected chi connectivity index (χ0v) is 15.1. The van der Waals surface area contributed by atoms with E-state index in [0.29, 0.717) is 34.4 Å². The fourth-order valence-corrected chi connectivity index (χ4v) is 3.39.